The lowest BCUT2D eigenvalue weighted by Crippen LogP contribution is -2.53. The third-order valence-electron chi connectivity index (χ3n) is 1.93. The smallest absolute Gasteiger partial charge is 0.211 e. The molecule has 0 bridgehead atoms. The number of aliphatic imine (C=N–C) groups is 2. The fourth-order valence-electron chi connectivity index (χ4n) is 1.34. The van der Waals surface area contributed by atoms with Crippen LogP contribution in [0.4, 0.5) is 0 Å². The van der Waals surface area contributed by atoms with E-state index in [4.69, 9.17) is 5.73 Å². The predicted molar refractivity (Wildman–Crippen MR) is 67.2 cm³/mol. The third kappa shape index (κ3) is 3.96. The van der Waals surface area contributed by atoms with Crippen LogP contribution in [0.2, 0.25) is 0 Å². The van der Waals surface area contributed by atoms with Crippen LogP contribution in [-0.4, -0.2) is 42.1 Å². The quantitative estimate of drug-likeness (QED) is 0.463. The Morgan fingerprint density at radius 1 is 1.44 bits per heavy atom. The van der Waals surface area contributed by atoms with Gasteiger partial charge in [-0.3, -0.25) is 10.4 Å². The van der Waals surface area contributed by atoms with Crippen LogP contribution in [0, 0.1) is 0 Å². The highest BCUT2D eigenvalue weighted by Crippen LogP contribution is 1.94. The average Bonchev–Trinajstić information content (AvgIpc) is 2.49. The van der Waals surface area contributed by atoms with Crippen molar-refractivity contribution in [2.45, 2.75) is 39.8 Å². The topological polar surface area (TPSA) is 78.0 Å². The molecule has 0 atom stereocenters. The second-order valence-corrected chi connectivity index (χ2v) is 4.37. The molecule has 1 rings (SSSR count). The van der Waals surface area contributed by atoms with Gasteiger partial charge in [-0.2, -0.15) is 0 Å². The summed E-state index contributed by atoms with van der Waals surface area (Å²) >= 11 is 0. The minimum Gasteiger partial charge on any atom is -0.368 e. The van der Waals surface area contributed by atoms with Crippen molar-refractivity contribution in [1.29, 1.82) is 0 Å². The Labute approximate surface area is 97.0 Å². The highest BCUT2D eigenvalue weighted by molar-refractivity contribution is 5.85. The molecule has 0 unspecified atom stereocenters. The van der Waals surface area contributed by atoms with Gasteiger partial charge in [0, 0.05) is 12.1 Å². The van der Waals surface area contributed by atoms with Crippen LogP contribution in [0.5, 0.6) is 0 Å². The van der Waals surface area contributed by atoms with Crippen molar-refractivity contribution in [3.05, 3.63) is 0 Å². The van der Waals surface area contributed by atoms with Crippen LogP contribution in [0.1, 0.15) is 27.7 Å². The molecular formula is C10H22N6. The van der Waals surface area contributed by atoms with Crippen molar-refractivity contribution in [1.82, 2.24) is 15.8 Å². The summed E-state index contributed by atoms with van der Waals surface area (Å²) in [6.45, 7) is 9.71. The summed E-state index contributed by atoms with van der Waals surface area (Å²) in [6, 6.07) is 0.556. The van der Waals surface area contributed by atoms with Crippen molar-refractivity contribution in [3.8, 4) is 0 Å². The molecule has 0 spiro atoms. The fourth-order valence-corrected chi connectivity index (χ4v) is 1.34. The normalized spacial score (nSPS) is 17.0. The predicted octanol–water partition coefficient (Wildman–Crippen LogP) is -0.116. The van der Waals surface area contributed by atoms with Crippen LogP contribution in [0.3, 0.4) is 0 Å². The lowest BCUT2D eigenvalue weighted by Gasteiger charge is -2.23. The zero-order valence-electron chi connectivity index (χ0n) is 10.5. The van der Waals surface area contributed by atoms with E-state index in [1.165, 1.54) is 0 Å². The van der Waals surface area contributed by atoms with Crippen molar-refractivity contribution < 1.29 is 0 Å². The first kappa shape index (κ1) is 12.6. The van der Waals surface area contributed by atoms with Crippen molar-refractivity contribution in [3.63, 3.8) is 0 Å². The van der Waals surface area contributed by atoms with E-state index in [-0.39, 0.29) is 6.04 Å². The van der Waals surface area contributed by atoms with Gasteiger partial charge in [-0.05, 0) is 27.7 Å². The minimum absolute atomic E-state index is 0.231. The second kappa shape index (κ2) is 5.58. The zero-order chi connectivity index (χ0) is 12.1. The monoisotopic (exact) mass is 226 g/mol. The first-order chi connectivity index (χ1) is 7.49. The van der Waals surface area contributed by atoms with E-state index < -0.39 is 0 Å². The van der Waals surface area contributed by atoms with Gasteiger partial charge in [-0.25, -0.2) is 9.98 Å². The Morgan fingerprint density at radius 2 is 2.12 bits per heavy atom. The van der Waals surface area contributed by atoms with Gasteiger partial charge in [-0.1, -0.05) is 0 Å². The van der Waals surface area contributed by atoms with E-state index in [0.717, 1.165) is 19.0 Å². The number of hydrogen-bond donors (Lipinski definition) is 3. The third-order valence-corrected chi connectivity index (χ3v) is 1.93. The highest BCUT2D eigenvalue weighted by atomic mass is 15.6. The summed E-state index contributed by atoms with van der Waals surface area (Å²) in [5.41, 5.74) is 8.86. The molecule has 0 radical (unpaired) electrons. The van der Waals surface area contributed by atoms with E-state index in [2.05, 4.69) is 34.6 Å². The van der Waals surface area contributed by atoms with Crippen LogP contribution in [0.25, 0.3) is 0 Å². The van der Waals surface area contributed by atoms with E-state index >= 15 is 0 Å². The van der Waals surface area contributed by atoms with Gasteiger partial charge >= 0.3 is 0 Å². The molecule has 0 aliphatic carbocycles. The largest absolute Gasteiger partial charge is 0.368 e. The van der Waals surface area contributed by atoms with Gasteiger partial charge in [0.1, 0.15) is 0 Å². The zero-order valence-corrected chi connectivity index (χ0v) is 10.5. The first-order valence-corrected chi connectivity index (χ1v) is 5.67. The van der Waals surface area contributed by atoms with Gasteiger partial charge in [0.05, 0.1) is 13.1 Å². The number of hydrazine groups is 1. The number of rotatable bonds is 3. The minimum atomic E-state index is 0.231. The summed E-state index contributed by atoms with van der Waals surface area (Å²) in [7, 11) is 0. The average molecular weight is 226 g/mol. The Hall–Kier alpha value is -1.46. The molecule has 1 heterocycles. The number of guanidine groups is 2. The molecule has 0 amide bonds. The highest BCUT2D eigenvalue weighted by Gasteiger charge is 2.15. The number of nitrogens with one attached hydrogen (secondary N) is 2. The van der Waals surface area contributed by atoms with Crippen molar-refractivity contribution in [2.24, 2.45) is 15.7 Å². The summed E-state index contributed by atoms with van der Waals surface area (Å²) < 4.78 is 0. The Morgan fingerprint density at radius 3 is 2.56 bits per heavy atom. The Kier molecular flexibility index (Phi) is 4.39. The van der Waals surface area contributed by atoms with Crippen molar-refractivity contribution >= 4 is 11.9 Å². The molecule has 0 aromatic heterocycles. The first-order valence-electron chi connectivity index (χ1n) is 5.67. The summed E-state index contributed by atoms with van der Waals surface area (Å²) in [5, 5.41) is 5.05. The van der Waals surface area contributed by atoms with E-state index in [1.54, 1.807) is 5.01 Å². The molecule has 0 fully saturated rings. The lowest BCUT2D eigenvalue weighted by atomic mass is 10.4. The maximum absolute atomic E-state index is 5.72. The molecule has 1 aliphatic heterocycles. The molecule has 16 heavy (non-hydrogen) atoms. The van der Waals surface area contributed by atoms with Gasteiger partial charge in [0.15, 0.2) is 0 Å². The molecule has 4 N–H and O–H groups in total. The standard InChI is InChI=1S/C10H22N6/c1-7(2)13-10(14-8(3)4)15-16-6-5-12-9(16)11/h7-8H,5-6H2,1-4H3,(H2,11,12)(H2,13,14,15). The summed E-state index contributed by atoms with van der Waals surface area (Å²) in [4.78, 5) is 8.56. The van der Waals surface area contributed by atoms with E-state index in [9.17, 15) is 0 Å². The maximum Gasteiger partial charge on any atom is 0.211 e. The fraction of sp³-hybridized carbons (Fsp3) is 0.800. The van der Waals surface area contributed by atoms with Gasteiger partial charge < -0.3 is 11.1 Å². The molecule has 1 aliphatic rings. The molecule has 92 valence electrons. The van der Waals surface area contributed by atoms with Crippen LogP contribution in [0.15, 0.2) is 9.98 Å². The van der Waals surface area contributed by atoms with Crippen LogP contribution >= 0.6 is 0 Å². The molecule has 0 saturated carbocycles. The van der Waals surface area contributed by atoms with E-state index in [0.29, 0.717) is 12.0 Å². The molecular weight excluding hydrogens is 204 g/mol. The van der Waals surface area contributed by atoms with Gasteiger partial charge in [0.25, 0.3) is 0 Å². The Balaban J connectivity index is 2.60. The van der Waals surface area contributed by atoms with Crippen LogP contribution in [-0.2, 0) is 0 Å². The number of hydrogen-bond acceptors (Lipinski definition) is 4. The Bertz CT molecular complexity index is 281. The van der Waals surface area contributed by atoms with Crippen LogP contribution < -0.4 is 16.5 Å². The molecule has 0 aromatic rings. The lowest BCUT2D eigenvalue weighted by molar-refractivity contribution is 0.397. The molecule has 0 saturated heterocycles. The number of nitrogens with two attached hydrogens (primary N) is 1. The summed E-state index contributed by atoms with van der Waals surface area (Å²) in [5.74, 6) is 1.26. The molecule has 0 aromatic carbocycles. The number of nitrogens with zero attached hydrogens (tertiary/aromatic N) is 3. The molecule has 6 nitrogen and oxygen atoms in total. The molecule has 6 heteroatoms. The van der Waals surface area contributed by atoms with E-state index in [1.807, 2.05) is 13.8 Å². The van der Waals surface area contributed by atoms with Crippen molar-refractivity contribution in [2.75, 3.05) is 13.1 Å². The maximum atomic E-state index is 5.72. The second-order valence-electron chi connectivity index (χ2n) is 4.37. The van der Waals surface area contributed by atoms with Gasteiger partial charge in [0.2, 0.25) is 11.9 Å². The van der Waals surface area contributed by atoms with Gasteiger partial charge in [-0.15, -0.1) is 0 Å². The SMILES string of the molecule is CC(C)N=C(NC(C)C)NN1CCN=C1N. The summed E-state index contributed by atoms with van der Waals surface area (Å²) in [6.07, 6.45) is 0.